The Morgan fingerprint density at radius 1 is 1.00 bits per heavy atom. The maximum Gasteiger partial charge on any atom is 0.303 e. The summed E-state index contributed by atoms with van der Waals surface area (Å²) in [5.41, 5.74) is 0. The van der Waals surface area contributed by atoms with Gasteiger partial charge in [0.1, 0.15) is 0 Å². The molecule has 0 radical (unpaired) electrons. The lowest BCUT2D eigenvalue weighted by molar-refractivity contribution is -0.136. The predicted octanol–water partition coefficient (Wildman–Crippen LogP) is 0.518. The number of carboxylic acid groups (broad SMARTS) is 1. The van der Waals surface area contributed by atoms with E-state index in [4.69, 9.17) is 5.11 Å². The number of carboxylic acids is 1. The molecule has 4 heteroatoms. The van der Waals surface area contributed by atoms with Crippen LogP contribution >= 0.6 is 0 Å². The number of rotatable bonds is 1. The van der Waals surface area contributed by atoms with Crippen LogP contribution in [-0.2, 0) is 4.79 Å². The lowest BCUT2D eigenvalue weighted by Crippen LogP contribution is -1.86. The highest BCUT2D eigenvalue weighted by Gasteiger charge is 1.80. The summed E-state index contributed by atoms with van der Waals surface area (Å²) in [6, 6.07) is 12.0. The summed E-state index contributed by atoms with van der Waals surface area (Å²) in [6.07, 6.45) is 0.222. The second-order valence-corrected chi connectivity index (χ2v) is 1.90. The molecule has 4 nitrogen and oxygen atoms in total. The van der Waals surface area contributed by atoms with Gasteiger partial charge in [0.2, 0.25) is 0 Å². The monoisotopic (exact) mass is 188 g/mol. The molecule has 0 heterocycles. The summed E-state index contributed by atoms with van der Waals surface area (Å²) in [5.74, 6) is -0.745. The van der Waals surface area contributed by atoms with Gasteiger partial charge in [-0.2, -0.15) is 0 Å². The molecular formula is C9H16O4. The lowest BCUT2D eigenvalue weighted by atomic mass is 10.4. The Morgan fingerprint density at radius 2 is 1.15 bits per heavy atom. The molecule has 0 saturated heterocycles. The summed E-state index contributed by atoms with van der Waals surface area (Å²) in [5, 5.41) is 7.72. The van der Waals surface area contributed by atoms with Crippen molar-refractivity contribution in [1.82, 2.24) is 0 Å². The second-order valence-electron chi connectivity index (χ2n) is 1.90. The van der Waals surface area contributed by atoms with Crippen molar-refractivity contribution in [2.24, 2.45) is 0 Å². The van der Waals surface area contributed by atoms with E-state index in [-0.39, 0.29) is 17.4 Å². The minimum Gasteiger partial charge on any atom is -0.481 e. The molecular weight excluding hydrogens is 172 g/mol. The fourth-order valence-electron chi connectivity index (χ4n) is 0.385. The van der Waals surface area contributed by atoms with Gasteiger partial charge in [0, 0.05) is 6.42 Å². The number of hydrogen-bond acceptors (Lipinski definition) is 1. The number of carbonyl (C=O) groups is 1. The van der Waals surface area contributed by atoms with Crippen molar-refractivity contribution in [3.05, 3.63) is 36.4 Å². The molecule has 1 aromatic rings. The quantitative estimate of drug-likeness (QED) is 0.694. The summed E-state index contributed by atoms with van der Waals surface area (Å²) in [4.78, 5) is 9.37. The SMILES string of the molecule is CCC(=O)O.O.O.c1ccccc1. The zero-order valence-corrected chi connectivity index (χ0v) is 7.53. The molecule has 0 amide bonds. The second kappa shape index (κ2) is 13.2. The molecule has 0 spiro atoms. The van der Waals surface area contributed by atoms with Gasteiger partial charge < -0.3 is 16.1 Å². The number of benzene rings is 1. The zero-order chi connectivity index (χ0) is 8.53. The van der Waals surface area contributed by atoms with E-state index in [0.717, 1.165) is 0 Å². The third kappa shape index (κ3) is 18.0. The normalized spacial score (nSPS) is 6.54. The van der Waals surface area contributed by atoms with Crippen molar-refractivity contribution >= 4 is 5.97 Å². The fraction of sp³-hybridized carbons (Fsp3) is 0.222. The van der Waals surface area contributed by atoms with E-state index in [1.165, 1.54) is 0 Å². The Balaban J connectivity index is -0.000000136. The van der Waals surface area contributed by atoms with Crippen molar-refractivity contribution in [3.8, 4) is 0 Å². The van der Waals surface area contributed by atoms with Crippen LogP contribution in [0.2, 0.25) is 0 Å². The Kier molecular flexibility index (Phi) is 17.9. The molecule has 1 aromatic carbocycles. The molecule has 5 N–H and O–H groups in total. The van der Waals surface area contributed by atoms with Crippen molar-refractivity contribution in [2.75, 3.05) is 0 Å². The minimum atomic E-state index is -0.745. The average Bonchev–Trinajstić information content (AvgIpc) is 2.09. The van der Waals surface area contributed by atoms with Gasteiger partial charge in [-0.15, -0.1) is 0 Å². The van der Waals surface area contributed by atoms with Gasteiger partial charge in [0.15, 0.2) is 0 Å². The molecule has 0 fully saturated rings. The van der Waals surface area contributed by atoms with E-state index in [2.05, 4.69) is 0 Å². The van der Waals surface area contributed by atoms with Crippen LogP contribution in [0.4, 0.5) is 0 Å². The first-order valence-corrected chi connectivity index (χ1v) is 3.49. The van der Waals surface area contributed by atoms with Gasteiger partial charge in [-0.05, 0) is 0 Å². The van der Waals surface area contributed by atoms with E-state index in [1.807, 2.05) is 36.4 Å². The topological polar surface area (TPSA) is 100 Å². The van der Waals surface area contributed by atoms with Crippen LogP contribution < -0.4 is 0 Å². The van der Waals surface area contributed by atoms with Crippen LogP contribution in [0.15, 0.2) is 36.4 Å². The van der Waals surface area contributed by atoms with Crippen LogP contribution in [0, 0.1) is 0 Å². The number of aliphatic carboxylic acids is 1. The molecule has 0 aromatic heterocycles. The molecule has 0 aliphatic carbocycles. The van der Waals surface area contributed by atoms with Gasteiger partial charge >= 0.3 is 5.97 Å². The van der Waals surface area contributed by atoms with E-state index < -0.39 is 5.97 Å². The zero-order valence-electron chi connectivity index (χ0n) is 7.53. The Morgan fingerprint density at radius 3 is 1.23 bits per heavy atom. The molecule has 0 aliphatic heterocycles. The molecule has 0 saturated carbocycles. The number of hydrogen-bond donors (Lipinski definition) is 1. The molecule has 0 unspecified atom stereocenters. The highest BCUT2D eigenvalue weighted by atomic mass is 16.4. The maximum atomic E-state index is 9.37. The standard InChI is InChI=1S/C6H6.C3H6O2.2H2O/c1-2-4-6-5-3-1;1-2-3(4)5;;/h1-6H;2H2,1H3,(H,4,5);2*1H2. The lowest BCUT2D eigenvalue weighted by Gasteiger charge is -1.71. The Labute approximate surface area is 77.4 Å². The minimum absolute atomic E-state index is 0. The first kappa shape index (κ1) is 17.6. The van der Waals surface area contributed by atoms with Crippen LogP contribution in [0.5, 0.6) is 0 Å². The van der Waals surface area contributed by atoms with Gasteiger partial charge in [-0.1, -0.05) is 43.3 Å². The average molecular weight is 188 g/mol. The highest BCUT2D eigenvalue weighted by Crippen LogP contribution is 1.79. The van der Waals surface area contributed by atoms with Crippen molar-refractivity contribution < 1.29 is 20.9 Å². The maximum absolute atomic E-state index is 9.37. The summed E-state index contributed by atoms with van der Waals surface area (Å²) < 4.78 is 0. The molecule has 0 bridgehead atoms. The van der Waals surface area contributed by atoms with Gasteiger partial charge in [-0.25, -0.2) is 0 Å². The fourth-order valence-corrected chi connectivity index (χ4v) is 0.385. The molecule has 1 rings (SSSR count). The largest absolute Gasteiger partial charge is 0.481 e. The van der Waals surface area contributed by atoms with Crippen molar-refractivity contribution in [1.29, 1.82) is 0 Å². The molecule has 76 valence electrons. The summed E-state index contributed by atoms with van der Waals surface area (Å²) in [6.45, 7) is 1.60. The van der Waals surface area contributed by atoms with E-state index in [0.29, 0.717) is 0 Å². The van der Waals surface area contributed by atoms with E-state index in [1.54, 1.807) is 6.92 Å². The summed E-state index contributed by atoms with van der Waals surface area (Å²) in [7, 11) is 0. The Hall–Kier alpha value is -1.39. The Bertz CT molecular complexity index is 159. The van der Waals surface area contributed by atoms with Crippen LogP contribution in [0.1, 0.15) is 13.3 Å². The molecule has 0 atom stereocenters. The van der Waals surface area contributed by atoms with E-state index >= 15 is 0 Å². The predicted molar refractivity (Wildman–Crippen MR) is 51.6 cm³/mol. The highest BCUT2D eigenvalue weighted by molar-refractivity contribution is 5.66. The van der Waals surface area contributed by atoms with E-state index in [9.17, 15) is 4.79 Å². The first-order chi connectivity index (χ1) is 5.27. The summed E-state index contributed by atoms with van der Waals surface area (Å²) >= 11 is 0. The molecule has 13 heavy (non-hydrogen) atoms. The van der Waals surface area contributed by atoms with Crippen LogP contribution in [0.3, 0.4) is 0 Å². The van der Waals surface area contributed by atoms with Gasteiger partial charge in [-0.3, -0.25) is 4.79 Å². The van der Waals surface area contributed by atoms with Crippen molar-refractivity contribution in [2.45, 2.75) is 13.3 Å². The third-order valence-electron chi connectivity index (χ3n) is 0.969. The van der Waals surface area contributed by atoms with Crippen LogP contribution in [-0.4, -0.2) is 22.0 Å². The van der Waals surface area contributed by atoms with Crippen LogP contribution in [0.25, 0.3) is 0 Å². The van der Waals surface area contributed by atoms with Gasteiger partial charge in [0.05, 0.1) is 0 Å². The molecule has 0 aliphatic rings. The third-order valence-corrected chi connectivity index (χ3v) is 0.969. The smallest absolute Gasteiger partial charge is 0.303 e. The first-order valence-electron chi connectivity index (χ1n) is 3.49. The van der Waals surface area contributed by atoms with Crippen molar-refractivity contribution in [3.63, 3.8) is 0 Å². The van der Waals surface area contributed by atoms with Gasteiger partial charge in [0.25, 0.3) is 0 Å².